The fourth-order valence-electron chi connectivity index (χ4n) is 3.62. The van der Waals surface area contributed by atoms with E-state index in [0.717, 1.165) is 12.0 Å². The maximum absolute atomic E-state index is 13.0. The van der Waals surface area contributed by atoms with E-state index in [1.807, 2.05) is 18.2 Å². The lowest BCUT2D eigenvalue weighted by atomic mass is 9.93. The molecular weight excluding hydrogens is 358 g/mol. The Morgan fingerprint density at radius 2 is 2.25 bits per heavy atom. The molecule has 0 N–H and O–H groups in total. The van der Waals surface area contributed by atoms with E-state index in [2.05, 4.69) is 5.92 Å². The van der Waals surface area contributed by atoms with Crippen LogP contribution in [0.15, 0.2) is 34.9 Å². The number of hydrogen-bond donors (Lipinski definition) is 0. The van der Waals surface area contributed by atoms with Gasteiger partial charge in [0.1, 0.15) is 30.5 Å². The Morgan fingerprint density at radius 3 is 3.11 bits per heavy atom. The summed E-state index contributed by atoms with van der Waals surface area (Å²) < 4.78 is 17.0. The zero-order valence-electron chi connectivity index (χ0n) is 15.5. The van der Waals surface area contributed by atoms with Crippen molar-refractivity contribution in [3.8, 4) is 18.1 Å². The maximum Gasteiger partial charge on any atom is 0.258 e. The fraction of sp³-hybridized carbons (Fsp3) is 0.364. The van der Waals surface area contributed by atoms with E-state index in [-0.39, 0.29) is 17.8 Å². The van der Waals surface area contributed by atoms with E-state index < -0.39 is 0 Å². The van der Waals surface area contributed by atoms with Crippen LogP contribution in [-0.2, 0) is 11.2 Å². The lowest BCUT2D eigenvalue weighted by Gasteiger charge is -2.32. The van der Waals surface area contributed by atoms with Gasteiger partial charge < -0.3 is 18.8 Å². The first-order valence-corrected chi connectivity index (χ1v) is 9.39. The highest BCUT2D eigenvalue weighted by atomic mass is 16.5. The van der Waals surface area contributed by atoms with Gasteiger partial charge in [-0.25, -0.2) is 0 Å². The second kappa shape index (κ2) is 7.91. The summed E-state index contributed by atoms with van der Waals surface area (Å²) in [5, 5.41) is 0. The van der Waals surface area contributed by atoms with Crippen molar-refractivity contribution >= 4 is 11.7 Å². The highest BCUT2D eigenvalue weighted by Crippen LogP contribution is 2.27. The van der Waals surface area contributed by atoms with Crippen molar-refractivity contribution in [2.75, 3.05) is 26.3 Å². The molecule has 1 atom stereocenters. The van der Waals surface area contributed by atoms with Crippen molar-refractivity contribution in [3.63, 3.8) is 0 Å². The SMILES string of the molecule is C#Cc1cccc(OCC2CN(C(=O)c3coc4c3C(=O)CCC4)CCO2)c1. The molecule has 2 aliphatic rings. The summed E-state index contributed by atoms with van der Waals surface area (Å²) >= 11 is 0. The molecule has 144 valence electrons. The van der Waals surface area contributed by atoms with Gasteiger partial charge >= 0.3 is 0 Å². The Morgan fingerprint density at radius 1 is 1.36 bits per heavy atom. The molecule has 1 aliphatic heterocycles. The van der Waals surface area contributed by atoms with E-state index >= 15 is 0 Å². The van der Waals surface area contributed by atoms with Crippen molar-refractivity contribution in [2.45, 2.75) is 25.4 Å². The van der Waals surface area contributed by atoms with Crippen molar-refractivity contribution in [1.29, 1.82) is 0 Å². The van der Waals surface area contributed by atoms with Crippen molar-refractivity contribution in [1.82, 2.24) is 4.90 Å². The minimum Gasteiger partial charge on any atom is -0.491 e. The number of carbonyl (C=O) groups is 2. The third-order valence-electron chi connectivity index (χ3n) is 5.05. The standard InChI is InChI=1S/C22H21NO5/c1-2-15-5-3-6-16(11-15)27-13-17-12-23(9-10-26-17)22(25)18-14-28-20-8-4-7-19(24)21(18)20/h1,3,5-6,11,14,17H,4,7-10,12-13H2. The number of fused-ring (bicyclic) bond motifs is 1. The summed E-state index contributed by atoms with van der Waals surface area (Å²) in [5.41, 5.74) is 1.57. The van der Waals surface area contributed by atoms with E-state index in [4.69, 9.17) is 20.3 Å². The van der Waals surface area contributed by atoms with Crippen LogP contribution < -0.4 is 4.74 Å². The number of nitrogens with zero attached hydrogens (tertiary/aromatic N) is 1. The molecule has 28 heavy (non-hydrogen) atoms. The molecule has 6 heteroatoms. The van der Waals surface area contributed by atoms with Gasteiger partial charge in [-0.1, -0.05) is 12.0 Å². The first-order chi connectivity index (χ1) is 13.7. The van der Waals surface area contributed by atoms with E-state index in [1.54, 1.807) is 11.0 Å². The number of terminal acetylenes is 1. The number of furan rings is 1. The molecule has 0 bridgehead atoms. The maximum atomic E-state index is 13.0. The molecule has 1 unspecified atom stereocenters. The Balaban J connectivity index is 1.41. The van der Waals surface area contributed by atoms with Crippen molar-refractivity contribution < 1.29 is 23.5 Å². The lowest BCUT2D eigenvalue weighted by molar-refractivity contribution is -0.0401. The molecule has 1 aromatic carbocycles. The molecule has 1 amide bonds. The lowest BCUT2D eigenvalue weighted by Crippen LogP contribution is -2.47. The van der Waals surface area contributed by atoms with Crippen LogP contribution in [0.5, 0.6) is 5.75 Å². The fourth-order valence-corrected chi connectivity index (χ4v) is 3.62. The number of aryl methyl sites for hydroxylation is 1. The first kappa shape index (κ1) is 18.3. The van der Waals surface area contributed by atoms with E-state index in [9.17, 15) is 9.59 Å². The van der Waals surface area contributed by atoms with Gasteiger partial charge in [0.25, 0.3) is 5.91 Å². The van der Waals surface area contributed by atoms with Crippen LogP contribution in [0.2, 0.25) is 0 Å². The molecular formula is C22H21NO5. The Hall–Kier alpha value is -3.04. The number of ether oxygens (including phenoxy) is 2. The summed E-state index contributed by atoms with van der Waals surface area (Å²) in [6.07, 6.45) is 8.50. The summed E-state index contributed by atoms with van der Waals surface area (Å²) in [6, 6.07) is 7.28. The molecule has 1 aromatic heterocycles. The van der Waals surface area contributed by atoms with Gasteiger partial charge in [-0.05, 0) is 24.6 Å². The Kier molecular flexibility index (Phi) is 5.18. The quantitative estimate of drug-likeness (QED) is 0.764. The first-order valence-electron chi connectivity index (χ1n) is 9.39. The summed E-state index contributed by atoms with van der Waals surface area (Å²) in [5.74, 6) is 3.65. The van der Waals surface area contributed by atoms with Gasteiger partial charge in [-0.15, -0.1) is 6.42 Å². The molecule has 2 aromatic rings. The number of Topliss-reactive ketones (excluding diaryl/α,β-unsaturated/α-hetero) is 1. The predicted molar refractivity (Wildman–Crippen MR) is 101 cm³/mol. The van der Waals surface area contributed by atoms with Gasteiger partial charge in [-0.3, -0.25) is 9.59 Å². The minimum absolute atomic E-state index is 0.0140. The number of morpholine rings is 1. The number of benzene rings is 1. The molecule has 1 aliphatic carbocycles. The third-order valence-corrected chi connectivity index (χ3v) is 5.05. The van der Waals surface area contributed by atoms with Gasteiger partial charge in [0.15, 0.2) is 5.78 Å². The van der Waals surface area contributed by atoms with Gasteiger partial charge in [0.2, 0.25) is 0 Å². The van der Waals surface area contributed by atoms with Gasteiger partial charge in [-0.2, -0.15) is 0 Å². The molecule has 1 saturated heterocycles. The largest absolute Gasteiger partial charge is 0.491 e. The molecule has 4 rings (SSSR count). The molecule has 1 fully saturated rings. The van der Waals surface area contributed by atoms with Gasteiger partial charge in [0, 0.05) is 24.9 Å². The average molecular weight is 379 g/mol. The second-order valence-corrected chi connectivity index (χ2v) is 6.95. The van der Waals surface area contributed by atoms with Crippen LogP contribution in [0.4, 0.5) is 0 Å². The normalized spacial score (nSPS) is 19.0. The number of amides is 1. The van der Waals surface area contributed by atoms with Crippen LogP contribution in [0.3, 0.4) is 0 Å². The Labute approximate surface area is 163 Å². The molecule has 6 nitrogen and oxygen atoms in total. The topological polar surface area (TPSA) is 69.0 Å². The monoisotopic (exact) mass is 379 g/mol. The smallest absolute Gasteiger partial charge is 0.258 e. The highest BCUT2D eigenvalue weighted by molar-refractivity contribution is 6.09. The van der Waals surface area contributed by atoms with Crippen LogP contribution in [-0.4, -0.2) is 49.0 Å². The van der Waals surface area contributed by atoms with Crippen LogP contribution >= 0.6 is 0 Å². The molecule has 2 heterocycles. The van der Waals surface area contributed by atoms with Crippen LogP contribution in [0.25, 0.3) is 0 Å². The Bertz CT molecular complexity index is 939. The third kappa shape index (κ3) is 3.67. The van der Waals surface area contributed by atoms with E-state index in [1.165, 1.54) is 6.26 Å². The number of rotatable bonds is 4. The van der Waals surface area contributed by atoms with Crippen LogP contribution in [0, 0.1) is 12.3 Å². The minimum atomic E-state index is -0.259. The van der Waals surface area contributed by atoms with E-state index in [0.29, 0.717) is 61.8 Å². The zero-order chi connectivity index (χ0) is 19.5. The van der Waals surface area contributed by atoms with Crippen molar-refractivity contribution in [3.05, 3.63) is 53.0 Å². The molecule has 0 spiro atoms. The average Bonchev–Trinajstić information content (AvgIpc) is 3.17. The van der Waals surface area contributed by atoms with Crippen LogP contribution in [0.1, 0.15) is 44.9 Å². The molecule has 0 saturated carbocycles. The number of ketones is 1. The van der Waals surface area contributed by atoms with Gasteiger partial charge in [0.05, 0.1) is 24.3 Å². The second-order valence-electron chi connectivity index (χ2n) is 6.95. The zero-order valence-corrected chi connectivity index (χ0v) is 15.5. The summed E-state index contributed by atoms with van der Waals surface area (Å²) in [6.45, 7) is 1.58. The summed E-state index contributed by atoms with van der Waals surface area (Å²) in [4.78, 5) is 26.9. The number of hydrogen-bond acceptors (Lipinski definition) is 5. The summed E-state index contributed by atoms with van der Waals surface area (Å²) in [7, 11) is 0. The molecule has 0 radical (unpaired) electrons. The predicted octanol–water partition coefficient (Wildman–Crippen LogP) is 2.70. The van der Waals surface area contributed by atoms with Crippen molar-refractivity contribution in [2.24, 2.45) is 0 Å². The highest BCUT2D eigenvalue weighted by Gasteiger charge is 2.32. The number of carbonyl (C=O) groups excluding carboxylic acids is 2.